The van der Waals surface area contributed by atoms with Crippen LogP contribution in [0, 0.1) is 0 Å². The van der Waals surface area contributed by atoms with Gasteiger partial charge in [-0.1, -0.05) is 22.0 Å². The number of hydrogen-bond donors (Lipinski definition) is 3. The zero-order chi connectivity index (χ0) is 15.1. The van der Waals surface area contributed by atoms with Gasteiger partial charge in [-0.05, 0) is 30.5 Å². The molecule has 21 heavy (non-hydrogen) atoms. The molecule has 2 aliphatic heterocycles. The highest BCUT2D eigenvalue weighted by molar-refractivity contribution is 9.08. The molecule has 0 radical (unpaired) electrons. The number of nitrogens with one attached hydrogen (secondary N) is 1. The van der Waals surface area contributed by atoms with Gasteiger partial charge in [0.2, 0.25) is 0 Å². The molecule has 3 N–H and O–H groups in total. The van der Waals surface area contributed by atoms with Crippen LogP contribution in [0.25, 0.3) is 0 Å². The number of carbonyl (C=O) groups excluding carboxylic acids is 2. The standard InChI is InChI=1S/C14H15BrN2O4/c15-6-7-1-2-8-9(5-7)14(21)17(13(8)20)10-3-4-11(18)16-12(10)19/h1-2,5,10-12,16,18-19H,3-4,6H2. The van der Waals surface area contributed by atoms with E-state index in [2.05, 4.69) is 21.2 Å². The highest BCUT2D eigenvalue weighted by Crippen LogP contribution is 2.29. The molecule has 0 saturated carbocycles. The Bertz CT molecular complexity index is 607. The van der Waals surface area contributed by atoms with Gasteiger partial charge in [0.1, 0.15) is 12.5 Å². The van der Waals surface area contributed by atoms with Crippen molar-refractivity contribution in [3.8, 4) is 0 Å². The minimum absolute atomic E-state index is 0.364. The molecule has 0 aliphatic carbocycles. The van der Waals surface area contributed by atoms with Crippen LogP contribution in [0.5, 0.6) is 0 Å². The number of piperidine rings is 1. The molecule has 3 unspecified atom stereocenters. The second-order valence-corrected chi connectivity index (χ2v) is 5.83. The van der Waals surface area contributed by atoms with Crippen molar-refractivity contribution in [2.24, 2.45) is 0 Å². The van der Waals surface area contributed by atoms with Crippen LogP contribution in [0.1, 0.15) is 39.1 Å². The van der Waals surface area contributed by atoms with Crippen molar-refractivity contribution in [1.82, 2.24) is 10.2 Å². The van der Waals surface area contributed by atoms with E-state index in [1.54, 1.807) is 18.2 Å². The summed E-state index contributed by atoms with van der Waals surface area (Å²) < 4.78 is 0. The fourth-order valence-electron chi connectivity index (χ4n) is 2.84. The Balaban J connectivity index is 1.92. The number of aliphatic hydroxyl groups is 2. The summed E-state index contributed by atoms with van der Waals surface area (Å²) in [5.74, 6) is -0.779. The van der Waals surface area contributed by atoms with Crippen LogP contribution in [-0.2, 0) is 5.33 Å². The molecule has 0 spiro atoms. The molecule has 1 fully saturated rings. The molecule has 2 amide bonds. The van der Waals surface area contributed by atoms with Gasteiger partial charge >= 0.3 is 0 Å². The van der Waals surface area contributed by atoms with Crippen molar-refractivity contribution in [1.29, 1.82) is 0 Å². The molecular weight excluding hydrogens is 340 g/mol. The van der Waals surface area contributed by atoms with Crippen LogP contribution < -0.4 is 5.32 Å². The van der Waals surface area contributed by atoms with Crippen LogP contribution >= 0.6 is 15.9 Å². The number of benzene rings is 1. The maximum atomic E-state index is 12.5. The van der Waals surface area contributed by atoms with E-state index in [1.807, 2.05) is 0 Å². The number of carbonyl (C=O) groups is 2. The first-order valence-corrected chi connectivity index (χ1v) is 7.84. The van der Waals surface area contributed by atoms with Gasteiger partial charge in [-0.25, -0.2) is 0 Å². The van der Waals surface area contributed by atoms with E-state index in [0.29, 0.717) is 29.3 Å². The minimum Gasteiger partial charge on any atom is -0.379 e. The first-order chi connectivity index (χ1) is 10.0. The van der Waals surface area contributed by atoms with Gasteiger partial charge in [0, 0.05) is 5.33 Å². The normalized spacial score (nSPS) is 28.9. The number of halogens is 1. The first-order valence-electron chi connectivity index (χ1n) is 6.72. The Labute approximate surface area is 129 Å². The van der Waals surface area contributed by atoms with Gasteiger partial charge in [0.15, 0.2) is 0 Å². The van der Waals surface area contributed by atoms with Crippen molar-refractivity contribution >= 4 is 27.7 Å². The zero-order valence-electron chi connectivity index (χ0n) is 11.1. The SMILES string of the molecule is O=C1c2ccc(CBr)cc2C(=O)N1C1CCC(O)NC1O. The predicted molar refractivity (Wildman–Crippen MR) is 77.7 cm³/mol. The number of rotatable bonds is 2. The Morgan fingerprint density at radius 2 is 1.90 bits per heavy atom. The van der Waals surface area contributed by atoms with Crippen LogP contribution in [0.15, 0.2) is 18.2 Å². The summed E-state index contributed by atoms with van der Waals surface area (Å²) in [5.41, 5.74) is 1.65. The number of fused-ring (bicyclic) bond motifs is 1. The molecule has 7 heteroatoms. The van der Waals surface area contributed by atoms with Crippen molar-refractivity contribution in [3.05, 3.63) is 34.9 Å². The Morgan fingerprint density at radius 1 is 1.19 bits per heavy atom. The highest BCUT2D eigenvalue weighted by atomic mass is 79.9. The largest absolute Gasteiger partial charge is 0.379 e. The van der Waals surface area contributed by atoms with E-state index in [4.69, 9.17) is 0 Å². The second-order valence-electron chi connectivity index (χ2n) is 5.27. The highest BCUT2D eigenvalue weighted by Gasteiger charge is 2.44. The third-order valence-electron chi connectivity index (χ3n) is 3.93. The molecular formula is C14H15BrN2O4. The van der Waals surface area contributed by atoms with Gasteiger partial charge in [0.05, 0.1) is 17.2 Å². The summed E-state index contributed by atoms with van der Waals surface area (Å²) in [5, 5.41) is 22.6. The van der Waals surface area contributed by atoms with Crippen molar-refractivity contribution in [3.63, 3.8) is 0 Å². The van der Waals surface area contributed by atoms with E-state index in [0.717, 1.165) is 10.5 Å². The molecule has 3 rings (SSSR count). The number of nitrogens with zero attached hydrogens (tertiary/aromatic N) is 1. The quantitative estimate of drug-likeness (QED) is 0.533. The topological polar surface area (TPSA) is 89.9 Å². The number of amides is 2. The van der Waals surface area contributed by atoms with E-state index < -0.39 is 24.4 Å². The van der Waals surface area contributed by atoms with Gasteiger partial charge in [-0.3, -0.25) is 19.8 Å². The summed E-state index contributed by atoms with van der Waals surface area (Å²) >= 11 is 3.32. The third kappa shape index (κ3) is 2.40. The first kappa shape index (κ1) is 14.6. The Hall–Kier alpha value is -1.28. The molecule has 1 aromatic rings. The summed E-state index contributed by atoms with van der Waals surface area (Å²) in [6.07, 6.45) is -1.19. The third-order valence-corrected chi connectivity index (χ3v) is 4.58. The summed E-state index contributed by atoms with van der Waals surface area (Å²) in [6.45, 7) is 0. The van der Waals surface area contributed by atoms with Gasteiger partial charge < -0.3 is 10.2 Å². The van der Waals surface area contributed by atoms with Gasteiger partial charge in [-0.2, -0.15) is 0 Å². The number of imide groups is 1. The average Bonchev–Trinajstić information content (AvgIpc) is 2.71. The maximum absolute atomic E-state index is 12.5. The number of hydrogen-bond acceptors (Lipinski definition) is 5. The fraction of sp³-hybridized carbons (Fsp3) is 0.429. The molecule has 1 saturated heterocycles. The Kier molecular flexibility index (Phi) is 3.83. The van der Waals surface area contributed by atoms with Crippen LogP contribution in [0.2, 0.25) is 0 Å². The lowest BCUT2D eigenvalue weighted by atomic mass is 10.0. The molecule has 2 heterocycles. The van der Waals surface area contributed by atoms with Gasteiger partial charge in [0.25, 0.3) is 11.8 Å². The van der Waals surface area contributed by atoms with E-state index >= 15 is 0 Å². The van der Waals surface area contributed by atoms with Gasteiger partial charge in [-0.15, -0.1) is 0 Å². The predicted octanol–water partition coefficient (Wildman–Crippen LogP) is 0.566. The van der Waals surface area contributed by atoms with E-state index in [9.17, 15) is 19.8 Å². The van der Waals surface area contributed by atoms with Crippen LogP contribution in [0.3, 0.4) is 0 Å². The molecule has 6 nitrogen and oxygen atoms in total. The zero-order valence-corrected chi connectivity index (χ0v) is 12.7. The van der Waals surface area contributed by atoms with E-state index in [1.165, 1.54) is 0 Å². The molecule has 2 aliphatic rings. The molecule has 3 atom stereocenters. The minimum atomic E-state index is -1.12. The summed E-state index contributed by atoms with van der Waals surface area (Å²) in [6, 6.07) is 4.47. The monoisotopic (exact) mass is 354 g/mol. The smallest absolute Gasteiger partial charge is 0.261 e. The Morgan fingerprint density at radius 3 is 2.57 bits per heavy atom. The fourth-order valence-corrected chi connectivity index (χ4v) is 3.19. The summed E-state index contributed by atoms with van der Waals surface area (Å²) in [7, 11) is 0. The number of alkyl halides is 1. The molecule has 0 bridgehead atoms. The molecule has 112 valence electrons. The van der Waals surface area contributed by atoms with Crippen molar-refractivity contribution in [2.75, 3.05) is 0 Å². The van der Waals surface area contributed by atoms with Crippen LogP contribution in [-0.4, -0.2) is 45.4 Å². The maximum Gasteiger partial charge on any atom is 0.261 e. The summed E-state index contributed by atoms with van der Waals surface area (Å²) in [4.78, 5) is 26.0. The molecule has 0 aromatic heterocycles. The van der Waals surface area contributed by atoms with E-state index in [-0.39, 0.29) is 5.91 Å². The lowest BCUT2D eigenvalue weighted by Crippen LogP contribution is -2.58. The van der Waals surface area contributed by atoms with Crippen molar-refractivity contribution < 1.29 is 19.8 Å². The second kappa shape index (κ2) is 5.49. The van der Waals surface area contributed by atoms with Crippen molar-refractivity contribution in [2.45, 2.75) is 36.7 Å². The lowest BCUT2D eigenvalue weighted by molar-refractivity contribution is -0.0413. The molecule has 1 aromatic carbocycles. The average molecular weight is 355 g/mol. The lowest BCUT2D eigenvalue weighted by Gasteiger charge is -2.36. The number of aliphatic hydroxyl groups excluding tert-OH is 2. The van der Waals surface area contributed by atoms with Crippen LogP contribution in [0.4, 0.5) is 0 Å².